The second kappa shape index (κ2) is 10.4. The van der Waals surface area contributed by atoms with Crippen LogP contribution < -0.4 is 19.1 Å². The number of para-hydroxylation sites is 1. The van der Waals surface area contributed by atoms with Gasteiger partial charge in [0, 0.05) is 28.3 Å². The zero-order valence-corrected chi connectivity index (χ0v) is 24.4. The number of hydrogen-bond acceptors (Lipinski definition) is 5. The van der Waals surface area contributed by atoms with Crippen LogP contribution >= 0.6 is 0 Å². The molecule has 6 heteroatoms. The summed E-state index contributed by atoms with van der Waals surface area (Å²) in [5, 5.41) is 5.34. The summed E-state index contributed by atoms with van der Waals surface area (Å²) in [7, 11) is 5.13. The predicted molar refractivity (Wildman–Crippen MR) is 164 cm³/mol. The molecule has 208 valence electrons. The van der Waals surface area contributed by atoms with E-state index in [4.69, 9.17) is 19.3 Å². The number of fused-ring (bicyclic) bond motifs is 3. The second-order valence-electron chi connectivity index (χ2n) is 11.2. The van der Waals surface area contributed by atoms with Crippen LogP contribution in [0.4, 0.5) is 11.5 Å². The van der Waals surface area contributed by atoms with Crippen molar-refractivity contribution in [3.8, 4) is 34.1 Å². The van der Waals surface area contributed by atoms with Gasteiger partial charge >= 0.3 is 0 Å². The lowest BCUT2D eigenvalue weighted by Gasteiger charge is -2.40. The number of rotatable bonds is 6. The molecule has 4 aromatic carbocycles. The number of anilines is 2. The number of ether oxygens (including phenoxy) is 3. The van der Waals surface area contributed by atoms with Crippen LogP contribution in [0.3, 0.4) is 0 Å². The standard InChI is InChI=1S/C35H35N3O3/c1-35(2,3)33-31-28-16-11-17-29(41-6)30(28)32(23-18-20-26(39-4)21-19-23)37(25-14-10-15-27(22-25)40-5)34(31)38(36-33)24-12-8-7-9-13-24/h7-22,32H,1-6H3. The third kappa shape index (κ3) is 4.49. The number of nitrogens with zero attached hydrogens (tertiary/aromatic N) is 3. The third-order valence-corrected chi connectivity index (χ3v) is 7.65. The molecule has 0 saturated carbocycles. The first-order chi connectivity index (χ1) is 19.9. The minimum atomic E-state index is -0.225. The van der Waals surface area contributed by atoms with Crippen LogP contribution in [0.2, 0.25) is 0 Å². The van der Waals surface area contributed by atoms with Crippen molar-refractivity contribution >= 4 is 11.5 Å². The van der Waals surface area contributed by atoms with Crippen LogP contribution in [0.1, 0.15) is 43.6 Å². The van der Waals surface area contributed by atoms with E-state index in [0.29, 0.717) is 0 Å². The summed E-state index contributed by atoms with van der Waals surface area (Å²) in [5.74, 6) is 3.41. The van der Waals surface area contributed by atoms with E-state index in [0.717, 1.165) is 62.4 Å². The van der Waals surface area contributed by atoms with Gasteiger partial charge < -0.3 is 19.1 Å². The smallest absolute Gasteiger partial charge is 0.145 e. The summed E-state index contributed by atoms with van der Waals surface area (Å²) in [6, 6.07) is 32.9. The number of benzene rings is 4. The van der Waals surface area contributed by atoms with E-state index in [1.54, 1.807) is 21.3 Å². The highest BCUT2D eigenvalue weighted by Gasteiger charge is 2.42. The van der Waals surface area contributed by atoms with Crippen molar-refractivity contribution in [3.05, 3.63) is 114 Å². The summed E-state index contributed by atoms with van der Waals surface area (Å²) < 4.78 is 19.4. The topological polar surface area (TPSA) is 48.8 Å². The molecule has 0 aliphatic carbocycles. The summed E-state index contributed by atoms with van der Waals surface area (Å²) in [6.45, 7) is 6.66. The highest BCUT2D eigenvalue weighted by Crippen LogP contribution is 2.56. The first-order valence-electron chi connectivity index (χ1n) is 13.8. The average molecular weight is 546 g/mol. The molecular weight excluding hydrogens is 510 g/mol. The summed E-state index contributed by atoms with van der Waals surface area (Å²) >= 11 is 0. The molecule has 0 saturated heterocycles. The summed E-state index contributed by atoms with van der Waals surface area (Å²) in [5.41, 5.74) is 7.18. The number of methoxy groups -OCH3 is 3. The number of hydrogen-bond donors (Lipinski definition) is 0. The molecular formula is C35H35N3O3. The van der Waals surface area contributed by atoms with Gasteiger partial charge in [-0.2, -0.15) is 5.10 Å². The van der Waals surface area contributed by atoms with Gasteiger partial charge in [-0.3, -0.25) is 0 Å². The third-order valence-electron chi connectivity index (χ3n) is 7.65. The van der Waals surface area contributed by atoms with E-state index in [2.05, 4.69) is 91.0 Å². The molecule has 5 aromatic rings. The Morgan fingerprint density at radius 3 is 2.02 bits per heavy atom. The fourth-order valence-corrected chi connectivity index (χ4v) is 5.76. The zero-order chi connectivity index (χ0) is 28.7. The van der Waals surface area contributed by atoms with Gasteiger partial charge in [-0.1, -0.05) is 69.3 Å². The van der Waals surface area contributed by atoms with E-state index >= 15 is 0 Å². The lowest BCUT2D eigenvalue weighted by molar-refractivity contribution is 0.407. The molecule has 0 fully saturated rings. The molecule has 0 bridgehead atoms. The Morgan fingerprint density at radius 1 is 0.683 bits per heavy atom. The minimum absolute atomic E-state index is 0.223. The molecule has 1 aromatic heterocycles. The van der Waals surface area contributed by atoms with Crippen molar-refractivity contribution in [2.24, 2.45) is 0 Å². The van der Waals surface area contributed by atoms with E-state index < -0.39 is 0 Å². The molecule has 1 aliphatic heterocycles. The van der Waals surface area contributed by atoms with Crippen LogP contribution in [-0.4, -0.2) is 31.1 Å². The molecule has 6 rings (SSSR count). The Labute approximate surface area is 241 Å². The molecule has 1 aliphatic rings. The Balaban J connectivity index is 1.78. The van der Waals surface area contributed by atoms with Crippen LogP contribution in [-0.2, 0) is 5.41 Å². The van der Waals surface area contributed by atoms with E-state index in [9.17, 15) is 0 Å². The van der Waals surface area contributed by atoms with E-state index in [-0.39, 0.29) is 11.5 Å². The Kier molecular flexibility index (Phi) is 6.70. The monoisotopic (exact) mass is 545 g/mol. The van der Waals surface area contributed by atoms with Gasteiger partial charge in [0.2, 0.25) is 0 Å². The van der Waals surface area contributed by atoms with Gasteiger partial charge in [0.15, 0.2) is 0 Å². The first kappa shape index (κ1) is 26.5. The van der Waals surface area contributed by atoms with Crippen LogP contribution in [0, 0.1) is 0 Å². The van der Waals surface area contributed by atoms with Crippen LogP contribution in [0.5, 0.6) is 17.2 Å². The summed E-state index contributed by atoms with van der Waals surface area (Å²) in [6.07, 6.45) is 0. The lowest BCUT2D eigenvalue weighted by atomic mass is 9.80. The average Bonchev–Trinajstić information content (AvgIpc) is 3.42. The van der Waals surface area contributed by atoms with E-state index in [1.807, 2.05) is 36.4 Å². The molecule has 0 radical (unpaired) electrons. The maximum atomic E-state index is 6.07. The van der Waals surface area contributed by atoms with Gasteiger partial charge in [-0.05, 0) is 53.6 Å². The van der Waals surface area contributed by atoms with E-state index in [1.165, 1.54) is 0 Å². The second-order valence-corrected chi connectivity index (χ2v) is 11.2. The van der Waals surface area contributed by atoms with Crippen molar-refractivity contribution in [1.29, 1.82) is 0 Å². The molecule has 0 N–H and O–H groups in total. The van der Waals surface area contributed by atoms with Crippen LogP contribution in [0.25, 0.3) is 16.8 Å². The highest BCUT2D eigenvalue weighted by molar-refractivity contribution is 5.92. The van der Waals surface area contributed by atoms with Crippen molar-refractivity contribution in [3.63, 3.8) is 0 Å². The van der Waals surface area contributed by atoms with Crippen molar-refractivity contribution in [2.45, 2.75) is 32.2 Å². The number of aromatic nitrogens is 2. The van der Waals surface area contributed by atoms with Crippen molar-refractivity contribution < 1.29 is 14.2 Å². The van der Waals surface area contributed by atoms with Gasteiger partial charge in [0.05, 0.1) is 38.8 Å². The normalized spacial score (nSPS) is 14.3. The zero-order valence-electron chi connectivity index (χ0n) is 24.4. The van der Waals surface area contributed by atoms with Gasteiger partial charge in [0.1, 0.15) is 23.1 Å². The van der Waals surface area contributed by atoms with Crippen molar-refractivity contribution in [2.75, 3.05) is 26.2 Å². The molecule has 0 spiro atoms. The van der Waals surface area contributed by atoms with Gasteiger partial charge in [-0.25, -0.2) is 4.68 Å². The lowest BCUT2D eigenvalue weighted by Crippen LogP contribution is -2.31. The van der Waals surface area contributed by atoms with Crippen LogP contribution in [0.15, 0.2) is 97.1 Å². The predicted octanol–water partition coefficient (Wildman–Crippen LogP) is 8.10. The molecule has 6 nitrogen and oxygen atoms in total. The Bertz CT molecular complexity index is 1680. The quantitative estimate of drug-likeness (QED) is 0.216. The first-order valence-corrected chi connectivity index (χ1v) is 13.8. The maximum Gasteiger partial charge on any atom is 0.145 e. The fraction of sp³-hybridized carbons (Fsp3) is 0.229. The fourth-order valence-electron chi connectivity index (χ4n) is 5.76. The molecule has 1 unspecified atom stereocenters. The largest absolute Gasteiger partial charge is 0.497 e. The highest BCUT2D eigenvalue weighted by atomic mass is 16.5. The Morgan fingerprint density at radius 2 is 1.37 bits per heavy atom. The Hall–Kier alpha value is -4.71. The maximum absolute atomic E-state index is 6.07. The summed E-state index contributed by atoms with van der Waals surface area (Å²) in [4.78, 5) is 2.37. The SMILES string of the molecule is COc1ccc(C2c3c(OC)cccc3-c3c(C(C)(C)C)nn(-c4ccccc4)c3N2c2cccc(OC)c2)cc1. The molecule has 41 heavy (non-hydrogen) atoms. The molecule has 0 amide bonds. The van der Waals surface area contributed by atoms with Gasteiger partial charge in [0.25, 0.3) is 0 Å². The van der Waals surface area contributed by atoms with Crippen molar-refractivity contribution in [1.82, 2.24) is 9.78 Å². The van der Waals surface area contributed by atoms with Gasteiger partial charge in [-0.15, -0.1) is 0 Å². The minimum Gasteiger partial charge on any atom is -0.497 e. The molecule has 2 heterocycles. The molecule has 1 atom stereocenters.